The van der Waals surface area contributed by atoms with Crippen LogP contribution in [0.3, 0.4) is 0 Å². The number of aromatic nitrogens is 2. The van der Waals surface area contributed by atoms with Gasteiger partial charge in [-0.3, -0.25) is 0 Å². The van der Waals surface area contributed by atoms with Crippen molar-refractivity contribution in [3.05, 3.63) is 60.7 Å². The van der Waals surface area contributed by atoms with Crippen molar-refractivity contribution in [2.24, 2.45) is 0 Å². The molecule has 1 aliphatic rings. The second-order valence-electron chi connectivity index (χ2n) is 7.81. The molecule has 0 spiro atoms. The maximum atomic E-state index is 12.8. The fourth-order valence-electron chi connectivity index (χ4n) is 4.01. The Hall–Kier alpha value is -3.56. The van der Waals surface area contributed by atoms with Crippen molar-refractivity contribution in [2.45, 2.75) is 4.90 Å². The van der Waals surface area contributed by atoms with E-state index in [4.69, 9.17) is 4.74 Å². The molecule has 0 bridgehead atoms. The van der Waals surface area contributed by atoms with E-state index >= 15 is 0 Å². The van der Waals surface area contributed by atoms with Crippen LogP contribution in [0.25, 0.3) is 22.4 Å². The Morgan fingerprint density at radius 1 is 1.00 bits per heavy atom. The van der Waals surface area contributed by atoms with E-state index in [1.807, 2.05) is 52.8 Å². The highest BCUT2D eigenvalue weighted by molar-refractivity contribution is 7.82. The lowest BCUT2D eigenvalue weighted by Gasteiger charge is -2.35. The van der Waals surface area contributed by atoms with Gasteiger partial charge in [-0.2, -0.15) is 0 Å². The SMILES string of the molecule is COc1cc(-c2nc3ccc(N4CCN(S(=O)c5ccccc5)CC4)cc3[nH]2)cc(O)c1O. The molecule has 2 heterocycles. The Morgan fingerprint density at radius 3 is 2.48 bits per heavy atom. The minimum atomic E-state index is -1.15. The molecule has 1 aromatic heterocycles. The van der Waals surface area contributed by atoms with Gasteiger partial charge in [0.05, 0.1) is 23.0 Å². The molecule has 0 aliphatic carbocycles. The topological polar surface area (TPSA) is 102 Å². The normalized spacial score (nSPS) is 15.6. The van der Waals surface area contributed by atoms with Crippen LogP contribution in [0.15, 0.2) is 65.6 Å². The number of H-pyrrole nitrogens is 1. The maximum absolute atomic E-state index is 12.8. The van der Waals surface area contributed by atoms with Gasteiger partial charge in [-0.15, -0.1) is 0 Å². The second kappa shape index (κ2) is 8.76. The first-order valence-electron chi connectivity index (χ1n) is 10.6. The first-order chi connectivity index (χ1) is 16.0. The number of phenolic OH excluding ortho intramolecular Hbond substituents is 2. The van der Waals surface area contributed by atoms with Gasteiger partial charge in [0.1, 0.15) is 16.8 Å². The number of hydrogen-bond donors (Lipinski definition) is 3. The van der Waals surface area contributed by atoms with Crippen LogP contribution in [0.5, 0.6) is 17.2 Å². The van der Waals surface area contributed by atoms with Gasteiger partial charge in [0.15, 0.2) is 11.5 Å². The number of benzene rings is 3. The number of nitrogens with zero attached hydrogens (tertiary/aromatic N) is 3. The van der Waals surface area contributed by atoms with E-state index in [9.17, 15) is 14.4 Å². The quantitative estimate of drug-likeness (QED) is 0.391. The summed E-state index contributed by atoms with van der Waals surface area (Å²) >= 11 is 0. The van der Waals surface area contributed by atoms with Crippen LogP contribution in [0.2, 0.25) is 0 Å². The fourth-order valence-corrected chi connectivity index (χ4v) is 5.20. The molecule has 1 unspecified atom stereocenters. The van der Waals surface area contributed by atoms with Gasteiger partial charge >= 0.3 is 0 Å². The number of aromatic amines is 1. The molecular weight excluding hydrogens is 440 g/mol. The lowest BCUT2D eigenvalue weighted by atomic mass is 10.1. The molecule has 3 aromatic carbocycles. The monoisotopic (exact) mass is 464 g/mol. The highest BCUT2D eigenvalue weighted by Crippen LogP contribution is 2.39. The van der Waals surface area contributed by atoms with Gasteiger partial charge < -0.3 is 24.8 Å². The molecule has 1 atom stereocenters. The highest BCUT2D eigenvalue weighted by Gasteiger charge is 2.23. The van der Waals surface area contributed by atoms with Crippen LogP contribution < -0.4 is 9.64 Å². The van der Waals surface area contributed by atoms with Gasteiger partial charge in [-0.1, -0.05) is 18.2 Å². The minimum Gasteiger partial charge on any atom is -0.504 e. The lowest BCUT2D eigenvalue weighted by Crippen LogP contribution is -2.46. The Balaban J connectivity index is 1.34. The van der Waals surface area contributed by atoms with Crippen LogP contribution in [-0.2, 0) is 11.0 Å². The summed E-state index contributed by atoms with van der Waals surface area (Å²) in [4.78, 5) is 11.0. The van der Waals surface area contributed by atoms with Crippen LogP contribution >= 0.6 is 0 Å². The average molecular weight is 465 g/mol. The van der Waals surface area contributed by atoms with Crippen molar-refractivity contribution in [3.8, 4) is 28.6 Å². The zero-order valence-electron chi connectivity index (χ0n) is 18.1. The first-order valence-corrected chi connectivity index (χ1v) is 11.7. The summed E-state index contributed by atoms with van der Waals surface area (Å²) in [5.41, 5.74) is 3.33. The molecule has 4 aromatic rings. The van der Waals surface area contributed by atoms with Gasteiger partial charge in [0, 0.05) is 37.4 Å². The van der Waals surface area contributed by atoms with Gasteiger partial charge in [0.25, 0.3) is 0 Å². The number of nitrogens with one attached hydrogen (secondary N) is 1. The minimum absolute atomic E-state index is 0.178. The molecule has 33 heavy (non-hydrogen) atoms. The number of methoxy groups -OCH3 is 1. The number of fused-ring (bicyclic) bond motifs is 1. The fraction of sp³-hybridized carbons (Fsp3) is 0.208. The van der Waals surface area contributed by atoms with Crippen LogP contribution in [0.1, 0.15) is 0 Å². The highest BCUT2D eigenvalue weighted by atomic mass is 32.2. The van der Waals surface area contributed by atoms with Crippen LogP contribution in [0, 0.1) is 0 Å². The summed E-state index contributed by atoms with van der Waals surface area (Å²) in [7, 11) is 0.283. The summed E-state index contributed by atoms with van der Waals surface area (Å²) < 4.78 is 19.9. The molecule has 0 saturated carbocycles. The number of ether oxygens (including phenoxy) is 1. The van der Waals surface area contributed by atoms with Crippen molar-refractivity contribution in [2.75, 3.05) is 38.2 Å². The Bertz CT molecular complexity index is 1320. The van der Waals surface area contributed by atoms with E-state index in [0.29, 0.717) is 24.5 Å². The Labute approximate surface area is 193 Å². The Morgan fingerprint density at radius 2 is 1.76 bits per heavy atom. The number of phenols is 2. The summed E-state index contributed by atoms with van der Waals surface area (Å²) in [6.45, 7) is 2.96. The van der Waals surface area contributed by atoms with Crippen molar-refractivity contribution < 1.29 is 19.2 Å². The summed E-state index contributed by atoms with van der Waals surface area (Å²) in [5.74, 6) is 0.180. The van der Waals surface area contributed by atoms with Crippen molar-refractivity contribution in [3.63, 3.8) is 0 Å². The predicted octanol–water partition coefficient (Wildman–Crippen LogP) is 3.49. The van der Waals surface area contributed by atoms with E-state index in [1.165, 1.54) is 13.2 Å². The molecular formula is C24H24N4O4S. The molecule has 5 rings (SSSR count). The van der Waals surface area contributed by atoms with E-state index in [1.54, 1.807) is 6.07 Å². The van der Waals surface area contributed by atoms with Crippen molar-refractivity contribution >= 4 is 27.7 Å². The summed E-state index contributed by atoms with van der Waals surface area (Å²) in [5, 5.41) is 19.9. The molecule has 170 valence electrons. The molecule has 1 saturated heterocycles. The van der Waals surface area contributed by atoms with Gasteiger partial charge in [-0.25, -0.2) is 13.5 Å². The third kappa shape index (κ3) is 4.12. The van der Waals surface area contributed by atoms with Crippen molar-refractivity contribution in [1.29, 1.82) is 0 Å². The van der Waals surface area contributed by atoms with E-state index < -0.39 is 11.0 Å². The molecule has 8 nitrogen and oxygen atoms in total. The Kier molecular flexibility index (Phi) is 5.65. The lowest BCUT2D eigenvalue weighted by molar-refractivity contribution is 0.351. The van der Waals surface area contributed by atoms with Gasteiger partial charge in [0.2, 0.25) is 5.75 Å². The number of anilines is 1. The summed E-state index contributed by atoms with van der Waals surface area (Å²) in [6.07, 6.45) is 0. The summed E-state index contributed by atoms with van der Waals surface area (Å²) in [6, 6.07) is 18.7. The molecule has 3 N–H and O–H groups in total. The number of piperazine rings is 1. The second-order valence-corrected chi connectivity index (χ2v) is 9.30. The average Bonchev–Trinajstić information content (AvgIpc) is 3.29. The molecule has 0 radical (unpaired) electrons. The van der Waals surface area contributed by atoms with Gasteiger partial charge in [-0.05, 0) is 42.5 Å². The smallest absolute Gasteiger partial charge is 0.200 e. The maximum Gasteiger partial charge on any atom is 0.200 e. The van der Waals surface area contributed by atoms with E-state index in [0.717, 1.165) is 34.7 Å². The van der Waals surface area contributed by atoms with Crippen LogP contribution in [0.4, 0.5) is 5.69 Å². The van der Waals surface area contributed by atoms with Crippen molar-refractivity contribution in [1.82, 2.24) is 14.3 Å². The molecule has 9 heteroatoms. The van der Waals surface area contributed by atoms with E-state index in [2.05, 4.69) is 14.9 Å². The first kappa shape index (κ1) is 21.3. The third-order valence-corrected chi connectivity index (χ3v) is 7.31. The molecule has 1 aliphatic heterocycles. The zero-order valence-corrected chi connectivity index (χ0v) is 18.9. The van der Waals surface area contributed by atoms with E-state index in [-0.39, 0.29) is 17.2 Å². The zero-order chi connectivity index (χ0) is 22.9. The molecule has 1 fully saturated rings. The predicted molar refractivity (Wildman–Crippen MR) is 128 cm³/mol. The standard InChI is InChI=1S/C24H24N4O4S/c1-32-22-14-16(13-21(29)23(22)30)24-25-19-8-7-17(15-20(19)26-24)27-9-11-28(12-10-27)33(31)18-5-3-2-4-6-18/h2-8,13-15,29-30H,9-12H2,1H3,(H,25,26). The number of rotatable bonds is 5. The molecule has 0 amide bonds. The number of imidazole rings is 1. The largest absolute Gasteiger partial charge is 0.504 e. The third-order valence-electron chi connectivity index (χ3n) is 5.80. The number of aromatic hydroxyl groups is 2. The van der Waals surface area contributed by atoms with Crippen LogP contribution in [-0.4, -0.2) is 62.0 Å². The number of hydrogen-bond acceptors (Lipinski definition) is 6.